The van der Waals surface area contributed by atoms with Gasteiger partial charge in [-0.1, -0.05) is 48.5 Å². The highest BCUT2D eigenvalue weighted by Gasteiger charge is 2.19. The molecule has 8 heteroatoms. The normalized spacial score (nSPS) is 10.8. The zero-order valence-corrected chi connectivity index (χ0v) is 20.3. The lowest BCUT2D eigenvalue weighted by Gasteiger charge is -2.08. The molecular formula is C29H24N4O4. The molecule has 0 aliphatic carbocycles. The van der Waals surface area contributed by atoms with Crippen LogP contribution < -0.4 is 10.6 Å². The Morgan fingerprint density at radius 3 is 1.81 bits per heavy atom. The van der Waals surface area contributed by atoms with Crippen LogP contribution in [-0.4, -0.2) is 21.8 Å². The van der Waals surface area contributed by atoms with Gasteiger partial charge in [0, 0.05) is 23.4 Å². The molecular weight excluding hydrogens is 468 g/mol. The van der Waals surface area contributed by atoms with E-state index in [1.165, 1.54) is 0 Å². The van der Waals surface area contributed by atoms with Crippen molar-refractivity contribution < 1.29 is 18.4 Å². The predicted octanol–water partition coefficient (Wildman–Crippen LogP) is 5.80. The number of oxazole rings is 2. The molecule has 0 saturated heterocycles. The first kappa shape index (κ1) is 23.7. The van der Waals surface area contributed by atoms with E-state index in [4.69, 9.17) is 8.83 Å². The standard InChI is InChI=1S/C29H24N4O4/c1-18-24(32-28(36-18)21-11-5-3-6-12-21)26(34)30-17-20-10-9-15-23(16-20)31-27(35)25-19(2)37-29(33-25)22-13-7-4-8-14-22/h3-16H,17H2,1-2H3,(H,30,34)(H,31,35). The number of amides is 2. The van der Waals surface area contributed by atoms with E-state index in [0.717, 1.165) is 16.7 Å². The van der Waals surface area contributed by atoms with Crippen molar-refractivity contribution in [2.24, 2.45) is 0 Å². The van der Waals surface area contributed by atoms with Gasteiger partial charge in [-0.05, 0) is 55.8 Å². The fraction of sp³-hybridized carbons (Fsp3) is 0.103. The highest BCUT2D eigenvalue weighted by Crippen LogP contribution is 2.23. The van der Waals surface area contributed by atoms with E-state index >= 15 is 0 Å². The zero-order valence-electron chi connectivity index (χ0n) is 20.3. The molecule has 0 bridgehead atoms. The van der Waals surface area contributed by atoms with Gasteiger partial charge in [-0.3, -0.25) is 9.59 Å². The van der Waals surface area contributed by atoms with Crippen LogP contribution in [0.1, 0.15) is 38.1 Å². The lowest BCUT2D eigenvalue weighted by atomic mass is 10.2. The Morgan fingerprint density at radius 1 is 0.703 bits per heavy atom. The summed E-state index contributed by atoms with van der Waals surface area (Å²) in [6, 6.07) is 26.0. The fourth-order valence-electron chi connectivity index (χ4n) is 3.84. The highest BCUT2D eigenvalue weighted by molar-refractivity contribution is 6.03. The third-order valence-electron chi connectivity index (χ3n) is 5.70. The van der Waals surface area contributed by atoms with Crippen molar-refractivity contribution in [2.75, 3.05) is 5.32 Å². The smallest absolute Gasteiger partial charge is 0.277 e. The van der Waals surface area contributed by atoms with E-state index in [9.17, 15) is 9.59 Å². The van der Waals surface area contributed by atoms with Crippen molar-refractivity contribution in [2.45, 2.75) is 20.4 Å². The maximum absolute atomic E-state index is 12.9. The van der Waals surface area contributed by atoms with Gasteiger partial charge in [-0.15, -0.1) is 0 Å². The maximum atomic E-state index is 12.9. The Balaban J connectivity index is 1.24. The molecule has 0 radical (unpaired) electrons. The number of carbonyl (C=O) groups is 2. The summed E-state index contributed by atoms with van der Waals surface area (Å²) in [5.74, 6) is 0.929. The SMILES string of the molecule is Cc1oc(-c2ccccc2)nc1C(=O)NCc1cccc(NC(=O)c2nc(-c3ccccc3)oc2C)c1. The summed E-state index contributed by atoms with van der Waals surface area (Å²) in [6.07, 6.45) is 0. The summed E-state index contributed by atoms with van der Waals surface area (Å²) >= 11 is 0. The van der Waals surface area contributed by atoms with Crippen LogP contribution in [0.15, 0.2) is 93.8 Å². The summed E-state index contributed by atoms with van der Waals surface area (Å²) in [4.78, 5) is 34.4. The minimum Gasteiger partial charge on any atom is -0.441 e. The molecule has 37 heavy (non-hydrogen) atoms. The second kappa shape index (κ2) is 10.3. The first-order valence-electron chi connectivity index (χ1n) is 11.7. The van der Waals surface area contributed by atoms with Crippen LogP contribution in [0, 0.1) is 13.8 Å². The molecule has 2 amide bonds. The van der Waals surface area contributed by atoms with Gasteiger partial charge in [0.05, 0.1) is 0 Å². The van der Waals surface area contributed by atoms with Crippen LogP contribution in [0.2, 0.25) is 0 Å². The van der Waals surface area contributed by atoms with Crippen LogP contribution in [0.4, 0.5) is 5.69 Å². The van der Waals surface area contributed by atoms with Gasteiger partial charge in [-0.25, -0.2) is 9.97 Å². The molecule has 2 N–H and O–H groups in total. The number of anilines is 1. The maximum Gasteiger partial charge on any atom is 0.277 e. The van der Waals surface area contributed by atoms with E-state index in [0.29, 0.717) is 29.0 Å². The topological polar surface area (TPSA) is 110 Å². The lowest BCUT2D eigenvalue weighted by Crippen LogP contribution is -2.24. The molecule has 2 heterocycles. The second-order valence-electron chi connectivity index (χ2n) is 8.42. The average molecular weight is 493 g/mol. The first-order valence-corrected chi connectivity index (χ1v) is 11.7. The monoisotopic (exact) mass is 492 g/mol. The van der Waals surface area contributed by atoms with Crippen LogP contribution in [0.3, 0.4) is 0 Å². The molecule has 5 aromatic rings. The minimum atomic E-state index is -0.378. The predicted molar refractivity (Wildman–Crippen MR) is 139 cm³/mol. The van der Waals surface area contributed by atoms with Gasteiger partial charge >= 0.3 is 0 Å². The van der Waals surface area contributed by atoms with Crippen LogP contribution in [0.25, 0.3) is 22.9 Å². The van der Waals surface area contributed by atoms with Gasteiger partial charge in [0.2, 0.25) is 11.8 Å². The summed E-state index contributed by atoms with van der Waals surface area (Å²) in [6.45, 7) is 3.66. The van der Waals surface area contributed by atoms with Crippen molar-refractivity contribution in [3.05, 3.63) is 113 Å². The molecule has 3 aromatic carbocycles. The Bertz CT molecular complexity index is 1560. The fourth-order valence-corrected chi connectivity index (χ4v) is 3.84. The molecule has 0 saturated carbocycles. The number of aromatic nitrogens is 2. The molecule has 5 rings (SSSR count). The molecule has 0 unspecified atom stereocenters. The third kappa shape index (κ3) is 5.33. The quantitative estimate of drug-likeness (QED) is 0.297. The number of hydrogen-bond acceptors (Lipinski definition) is 6. The van der Waals surface area contributed by atoms with E-state index in [-0.39, 0.29) is 29.7 Å². The Labute approximate surface area is 213 Å². The molecule has 2 aromatic heterocycles. The summed E-state index contributed by atoms with van der Waals surface area (Å²) in [7, 11) is 0. The van der Waals surface area contributed by atoms with Gasteiger partial charge in [0.25, 0.3) is 11.8 Å². The van der Waals surface area contributed by atoms with Gasteiger partial charge in [0.15, 0.2) is 11.4 Å². The summed E-state index contributed by atoms with van der Waals surface area (Å²) < 4.78 is 11.4. The Hall–Kier alpha value is -4.98. The van der Waals surface area contributed by atoms with Crippen LogP contribution >= 0.6 is 0 Å². The number of rotatable bonds is 7. The first-order chi connectivity index (χ1) is 18.0. The molecule has 0 fully saturated rings. The van der Waals surface area contributed by atoms with E-state index in [1.807, 2.05) is 66.7 Å². The Kier molecular flexibility index (Phi) is 6.63. The van der Waals surface area contributed by atoms with Crippen molar-refractivity contribution >= 4 is 17.5 Å². The van der Waals surface area contributed by atoms with Crippen LogP contribution in [0.5, 0.6) is 0 Å². The van der Waals surface area contributed by atoms with Crippen molar-refractivity contribution in [3.8, 4) is 22.9 Å². The number of hydrogen-bond donors (Lipinski definition) is 2. The van der Waals surface area contributed by atoms with E-state index in [1.54, 1.807) is 32.0 Å². The molecule has 184 valence electrons. The molecule has 8 nitrogen and oxygen atoms in total. The van der Waals surface area contributed by atoms with E-state index < -0.39 is 0 Å². The number of benzene rings is 3. The minimum absolute atomic E-state index is 0.216. The van der Waals surface area contributed by atoms with Gasteiger partial charge < -0.3 is 19.5 Å². The number of nitrogens with one attached hydrogen (secondary N) is 2. The van der Waals surface area contributed by atoms with Crippen molar-refractivity contribution in [1.82, 2.24) is 15.3 Å². The van der Waals surface area contributed by atoms with Crippen LogP contribution in [-0.2, 0) is 6.54 Å². The average Bonchev–Trinajstić information content (AvgIpc) is 3.51. The highest BCUT2D eigenvalue weighted by atomic mass is 16.4. The summed E-state index contributed by atoms with van der Waals surface area (Å²) in [5.41, 5.74) is 3.42. The molecule has 0 aliphatic heterocycles. The van der Waals surface area contributed by atoms with E-state index in [2.05, 4.69) is 20.6 Å². The summed E-state index contributed by atoms with van der Waals surface area (Å²) in [5, 5.41) is 5.71. The third-order valence-corrected chi connectivity index (χ3v) is 5.70. The number of carbonyl (C=O) groups excluding carboxylic acids is 2. The molecule has 0 aliphatic rings. The zero-order chi connectivity index (χ0) is 25.8. The molecule has 0 atom stereocenters. The second-order valence-corrected chi connectivity index (χ2v) is 8.42. The van der Waals surface area contributed by atoms with Gasteiger partial charge in [0.1, 0.15) is 11.5 Å². The largest absolute Gasteiger partial charge is 0.441 e. The van der Waals surface area contributed by atoms with Gasteiger partial charge in [-0.2, -0.15) is 0 Å². The van der Waals surface area contributed by atoms with Crippen molar-refractivity contribution in [3.63, 3.8) is 0 Å². The lowest BCUT2D eigenvalue weighted by molar-refractivity contribution is 0.0944. The van der Waals surface area contributed by atoms with Crippen molar-refractivity contribution in [1.29, 1.82) is 0 Å². The number of aryl methyl sites for hydroxylation is 2. The molecule has 0 spiro atoms. The Morgan fingerprint density at radius 2 is 1.24 bits per heavy atom. The number of nitrogens with zero attached hydrogens (tertiary/aromatic N) is 2.